The zero-order chi connectivity index (χ0) is 13.3. The van der Waals surface area contributed by atoms with Gasteiger partial charge in [0.05, 0.1) is 27.1 Å². The maximum absolute atomic E-state index is 6.04. The van der Waals surface area contributed by atoms with E-state index < -0.39 is 0 Å². The molecule has 0 atom stereocenters. The molecular weight excluding hydrogens is 269 g/mol. The standard InChI is InChI=1S/C13H15Cl2N3/c1-3-8-5-9(4-2)18(17-8)13-7-11(15)10(14)6-12(13)16/h5-7H,3-4,16H2,1-2H3. The number of anilines is 1. The molecule has 0 saturated heterocycles. The zero-order valence-corrected chi connectivity index (χ0v) is 11.9. The Kier molecular flexibility index (Phi) is 3.83. The molecule has 0 aliphatic heterocycles. The van der Waals surface area contributed by atoms with Crippen LogP contribution in [-0.4, -0.2) is 9.78 Å². The first-order valence-electron chi connectivity index (χ1n) is 5.89. The van der Waals surface area contributed by atoms with Crippen LogP contribution in [0.2, 0.25) is 10.0 Å². The van der Waals surface area contributed by atoms with Crippen molar-refractivity contribution in [1.29, 1.82) is 0 Å². The Labute approximate surface area is 117 Å². The molecule has 3 nitrogen and oxygen atoms in total. The highest BCUT2D eigenvalue weighted by Gasteiger charge is 2.12. The van der Waals surface area contributed by atoms with Crippen LogP contribution in [-0.2, 0) is 12.8 Å². The van der Waals surface area contributed by atoms with E-state index in [0.29, 0.717) is 15.7 Å². The topological polar surface area (TPSA) is 43.8 Å². The lowest BCUT2D eigenvalue weighted by Gasteiger charge is -2.10. The second-order valence-corrected chi connectivity index (χ2v) is 4.89. The quantitative estimate of drug-likeness (QED) is 0.869. The van der Waals surface area contributed by atoms with Crippen LogP contribution in [0.5, 0.6) is 0 Å². The first-order chi connectivity index (χ1) is 8.56. The van der Waals surface area contributed by atoms with Crippen molar-refractivity contribution in [2.45, 2.75) is 26.7 Å². The molecule has 2 rings (SSSR count). The second kappa shape index (κ2) is 5.21. The van der Waals surface area contributed by atoms with Gasteiger partial charge in [0.1, 0.15) is 0 Å². The molecule has 1 aromatic carbocycles. The van der Waals surface area contributed by atoms with Gasteiger partial charge in [0.2, 0.25) is 0 Å². The Balaban J connectivity index is 2.60. The van der Waals surface area contributed by atoms with E-state index in [0.717, 1.165) is 29.9 Å². The van der Waals surface area contributed by atoms with Crippen LogP contribution in [0.4, 0.5) is 5.69 Å². The summed E-state index contributed by atoms with van der Waals surface area (Å²) in [6.45, 7) is 4.16. The highest BCUT2D eigenvalue weighted by molar-refractivity contribution is 6.42. The summed E-state index contributed by atoms with van der Waals surface area (Å²) in [5, 5.41) is 5.48. The van der Waals surface area contributed by atoms with E-state index >= 15 is 0 Å². The van der Waals surface area contributed by atoms with Crippen LogP contribution < -0.4 is 5.73 Å². The Morgan fingerprint density at radius 3 is 2.39 bits per heavy atom. The molecule has 1 aromatic heterocycles. The summed E-state index contributed by atoms with van der Waals surface area (Å²) in [7, 11) is 0. The SMILES string of the molecule is CCc1cc(CC)n(-c2cc(Cl)c(Cl)cc2N)n1. The summed E-state index contributed by atoms with van der Waals surface area (Å²) in [4.78, 5) is 0. The molecule has 2 aromatic rings. The Morgan fingerprint density at radius 2 is 1.78 bits per heavy atom. The predicted octanol–water partition coefficient (Wildman–Crippen LogP) is 3.89. The summed E-state index contributed by atoms with van der Waals surface area (Å²) < 4.78 is 1.84. The van der Waals surface area contributed by atoms with Gasteiger partial charge in [0.15, 0.2) is 0 Å². The maximum atomic E-state index is 6.04. The van der Waals surface area contributed by atoms with Crippen molar-refractivity contribution in [3.05, 3.63) is 39.6 Å². The number of nitrogen functional groups attached to an aromatic ring is 1. The third kappa shape index (κ3) is 2.33. The second-order valence-electron chi connectivity index (χ2n) is 4.07. The molecular formula is C13H15Cl2N3. The Bertz CT molecular complexity index is 576. The minimum Gasteiger partial charge on any atom is -0.397 e. The molecule has 0 bridgehead atoms. The molecule has 2 N–H and O–H groups in total. The van der Waals surface area contributed by atoms with Gasteiger partial charge in [0.25, 0.3) is 0 Å². The van der Waals surface area contributed by atoms with Crippen LogP contribution in [0.3, 0.4) is 0 Å². The van der Waals surface area contributed by atoms with Gasteiger partial charge in [-0.1, -0.05) is 37.0 Å². The van der Waals surface area contributed by atoms with Gasteiger partial charge in [-0.05, 0) is 31.0 Å². The molecule has 0 unspecified atom stereocenters. The first-order valence-corrected chi connectivity index (χ1v) is 6.65. The van der Waals surface area contributed by atoms with Gasteiger partial charge in [-0.3, -0.25) is 0 Å². The van der Waals surface area contributed by atoms with Gasteiger partial charge >= 0.3 is 0 Å². The number of halogens is 2. The number of nitrogens with two attached hydrogens (primary N) is 1. The summed E-state index contributed by atoms with van der Waals surface area (Å²) in [6, 6.07) is 5.50. The number of nitrogens with zero attached hydrogens (tertiary/aromatic N) is 2. The third-order valence-electron chi connectivity index (χ3n) is 2.86. The van der Waals surface area contributed by atoms with Crippen molar-refractivity contribution in [2.24, 2.45) is 0 Å². The number of aryl methyl sites for hydroxylation is 2. The van der Waals surface area contributed by atoms with Crippen LogP contribution in [0.15, 0.2) is 18.2 Å². The molecule has 0 aliphatic carbocycles. The van der Waals surface area contributed by atoms with Crippen molar-refractivity contribution in [1.82, 2.24) is 9.78 Å². The van der Waals surface area contributed by atoms with Gasteiger partial charge in [-0.25, -0.2) is 4.68 Å². The van der Waals surface area contributed by atoms with E-state index in [-0.39, 0.29) is 0 Å². The van der Waals surface area contributed by atoms with Crippen molar-refractivity contribution >= 4 is 28.9 Å². The number of hydrogen-bond donors (Lipinski definition) is 1. The normalized spacial score (nSPS) is 10.9. The number of rotatable bonds is 3. The first kappa shape index (κ1) is 13.2. The Morgan fingerprint density at radius 1 is 1.11 bits per heavy atom. The van der Waals surface area contributed by atoms with Gasteiger partial charge < -0.3 is 5.73 Å². The molecule has 96 valence electrons. The molecule has 0 radical (unpaired) electrons. The number of benzene rings is 1. The fourth-order valence-corrected chi connectivity index (χ4v) is 2.17. The van der Waals surface area contributed by atoms with Crippen LogP contribution in [0.1, 0.15) is 25.2 Å². The van der Waals surface area contributed by atoms with E-state index in [1.165, 1.54) is 0 Å². The fourth-order valence-electron chi connectivity index (χ4n) is 1.84. The van der Waals surface area contributed by atoms with Crippen molar-refractivity contribution in [3.63, 3.8) is 0 Å². The predicted molar refractivity (Wildman–Crippen MR) is 76.8 cm³/mol. The molecule has 0 amide bonds. The smallest absolute Gasteiger partial charge is 0.0894 e. The lowest BCUT2D eigenvalue weighted by atomic mass is 10.2. The molecule has 0 fully saturated rings. The van der Waals surface area contributed by atoms with E-state index in [9.17, 15) is 0 Å². The average Bonchev–Trinajstić information content (AvgIpc) is 2.77. The fraction of sp³-hybridized carbons (Fsp3) is 0.308. The van der Waals surface area contributed by atoms with Gasteiger partial charge in [-0.15, -0.1) is 0 Å². The largest absolute Gasteiger partial charge is 0.397 e. The summed E-state index contributed by atoms with van der Waals surface area (Å²) >= 11 is 12.0. The minimum atomic E-state index is 0.457. The van der Waals surface area contributed by atoms with Crippen LogP contribution in [0.25, 0.3) is 5.69 Å². The minimum absolute atomic E-state index is 0.457. The van der Waals surface area contributed by atoms with E-state index in [2.05, 4.69) is 25.0 Å². The highest BCUT2D eigenvalue weighted by atomic mass is 35.5. The number of hydrogen-bond acceptors (Lipinski definition) is 2. The van der Waals surface area contributed by atoms with Crippen molar-refractivity contribution in [2.75, 3.05) is 5.73 Å². The molecule has 5 heteroatoms. The molecule has 0 spiro atoms. The Hall–Kier alpha value is -1.19. The van der Waals surface area contributed by atoms with Crippen molar-refractivity contribution in [3.8, 4) is 5.69 Å². The average molecular weight is 284 g/mol. The maximum Gasteiger partial charge on any atom is 0.0894 e. The molecule has 0 aliphatic rings. The van der Waals surface area contributed by atoms with E-state index in [1.54, 1.807) is 12.1 Å². The number of aromatic nitrogens is 2. The molecule has 0 saturated carbocycles. The van der Waals surface area contributed by atoms with E-state index in [4.69, 9.17) is 28.9 Å². The summed E-state index contributed by atoms with van der Waals surface area (Å²) in [6.07, 6.45) is 1.77. The monoisotopic (exact) mass is 283 g/mol. The molecule has 1 heterocycles. The zero-order valence-electron chi connectivity index (χ0n) is 10.4. The van der Waals surface area contributed by atoms with Gasteiger partial charge in [-0.2, -0.15) is 5.10 Å². The third-order valence-corrected chi connectivity index (χ3v) is 3.58. The van der Waals surface area contributed by atoms with Crippen molar-refractivity contribution < 1.29 is 0 Å². The lowest BCUT2D eigenvalue weighted by molar-refractivity contribution is 0.796. The van der Waals surface area contributed by atoms with Gasteiger partial charge in [0, 0.05) is 5.69 Å². The van der Waals surface area contributed by atoms with E-state index in [1.807, 2.05) is 4.68 Å². The van der Waals surface area contributed by atoms with Crippen LogP contribution >= 0.6 is 23.2 Å². The lowest BCUT2D eigenvalue weighted by Crippen LogP contribution is -2.05. The highest BCUT2D eigenvalue weighted by Crippen LogP contribution is 2.30. The summed E-state index contributed by atoms with van der Waals surface area (Å²) in [5.74, 6) is 0. The molecule has 18 heavy (non-hydrogen) atoms. The van der Waals surface area contributed by atoms with Crippen LogP contribution in [0, 0.1) is 0 Å². The summed E-state index contributed by atoms with van der Waals surface area (Å²) in [5.41, 5.74) is 9.49.